The number of amides is 1. The molecule has 2 aliphatic rings. The highest BCUT2D eigenvalue weighted by molar-refractivity contribution is 5.73. The molecule has 128 valence electrons. The van der Waals surface area contributed by atoms with Crippen LogP contribution < -0.4 is 5.32 Å². The lowest BCUT2D eigenvalue weighted by Crippen LogP contribution is -2.38. The van der Waals surface area contributed by atoms with Gasteiger partial charge >= 0.3 is 5.92 Å². The molecule has 2 saturated heterocycles. The zero-order valence-corrected chi connectivity index (χ0v) is 13.2. The molecule has 3 heterocycles. The molecule has 0 saturated carbocycles. The van der Waals surface area contributed by atoms with Crippen LogP contribution in [0.15, 0.2) is 4.52 Å². The van der Waals surface area contributed by atoms with Crippen molar-refractivity contribution in [3.63, 3.8) is 0 Å². The summed E-state index contributed by atoms with van der Waals surface area (Å²) in [6.45, 7) is 3.83. The quantitative estimate of drug-likeness (QED) is 0.917. The van der Waals surface area contributed by atoms with Crippen molar-refractivity contribution in [1.29, 1.82) is 0 Å². The molecular formula is C15H22F2N4O2. The second kappa shape index (κ2) is 6.51. The van der Waals surface area contributed by atoms with Crippen molar-refractivity contribution >= 4 is 5.91 Å². The Morgan fingerprint density at radius 3 is 2.78 bits per heavy atom. The molecule has 1 aromatic heterocycles. The summed E-state index contributed by atoms with van der Waals surface area (Å²) >= 11 is 0. The van der Waals surface area contributed by atoms with Gasteiger partial charge in [0.15, 0.2) is 5.82 Å². The number of rotatable bonds is 3. The van der Waals surface area contributed by atoms with Gasteiger partial charge in [-0.25, -0.2) is 0 Å². The Balaban J connectivity index is 1.73. The van der Waals surface area contributed by atoms with Gasteiger partial charge in [0.25, 0.3) is 5.89 Å². The van der Waals surface area contributed by atoms with E-state index >= 15 is 0 Å². The second-order valence-electron chi connectivity index (χ2n) is 6.41. The molecule has 8 heteroatoms. The van der Waals surface area contributed by atoms with Gasteiger partial charge in [-0.1, -0.05) is 5.16 Å². The first kappa shape index (κ1) is 16.3. The normalized spacial score (nSPS) is 24.0. The molecule has 23 heavy (non-hydrogen) atoms. The summed E-state index contributed by atoms with van der Waals surface area (Å²) in [5, 5.41) is 6.85. The molecule has 1 amide bonds. The van der Waals surface area contributed by atoms with Gasteiger partial charge in [-0.15, -0.1) is 0 Å². The van der Waals surface area contributed by atoms with Crippen LogP contribution in [0.5, 0.6) is 0 Å². The predicted molar refractivity (Wildman–Crippen MR) is 78.0 cm³/mol. The van der Waals surface area contributed by atoms with Crippen LogP contribution in [0, 0.1) is 5.92 Å². The fourth-order valence-electron chi connectivity index (χ4n) is 3.37. The van der Waals surface area contributed by atoms with Crippen LogP contribution in [0.1, 0.15) is 50.2 Å². The number of hydrogen-bond donors (Lipinski definition) is 1. The molecule has 0 bridgehead atoms. The first-order valence-corrected chi connectivity index (χ1v) is 8.16. The molecule has 6 nitrogen and oxygen atoms in total. The van der Waals surface area contributed by atoms with Crippen LogP contribution in [0.2, 0.25) is 0 Å². The molecule has 1 N–H and O–H groups in total. The Kier molecular flexibility index (Phi) is 4.61. The van der Waals surface area contributed by atoms with Crippen molar-refractivity contribution in [2.45, 2.75) is 44.4 Å². The minimum absolute atomic E-state index is 0.0153. The molecule has 3 rings (SSSR count). The zero-order valence-electron chi connectivity index (χ0n) is 13.2. The summed E-state index contributed by atoms with van der Waals surface area (Å²) in [6, 6.07) is 0. The lowest BCUT2D eigenvalue weighted by atomic mass is 9.91. The maximum Gasteiger partial charge on any atom is 0.327 e. The molecule has 0 aliphatic carbocycles. The second-order valence-corrected chi connectivity index (χ2v) is 6.41. The number of alkyl halides is 2. The van der Waals surface area contributed by atoms with Crippen molar-refractivity contribution in [3.05, 3.63) is 11.7 Å². The van der Waals surface area contributed by atoms with Crippen molar-refractivity contribution in [3.8, 4) is 0 Å². The van der Waals surface area contributed by atoms with Crippen LogP contribution in [0.3, 0.4) is 0 Å². The van der Waals surface area contributed by atoms with Crippen molar-refractivity contribution in [1.82, 2.24) is 20.4 Å². The topological polar surface area (TPSA) is 71.3 Å². The van der Waals surface area contributed by atoms with E-state index in [9.17, 15) is 13.6 Å². The standard InChI is InChI=1S/C15H22F2N4O2/c1-10(22)21-8-2-3-11(9-21)13-19-14(23-20-13)15(16,17)12-4-6-18-7-5-12/h11-12,18H,2-9H2,1H3. The van der Waals surface area contributed by atoms with Gasteiger partial charge in [-0.3, -0.25) is 4.79 Å². The molecule has 1 unspecified atom stereocenters. The van der Waals surface area contributed by atoms with E-state index in [2.05, 4.69) is 15.5 Å². The molecule has 0 aromatic carbocycles. The van der Waals surface area contributed by atoms with Crippen LogP contribution in [0.4, 0.5) is 8.78 Å². The lowest BCUT2D eigenvalue weighted by Gasteiger charge is -2.30. The number of likely N-dealkylation sites (tertiary alicyclic amines) is 1. The summed E-state index contributed by atoms with van der Waals surface area (Å²) < 4.78 is 34.0. The van der Waals surface area contributed by atoms with E-state index in [0.29, 0.717) is 44.8 Å². The van der Waals surface area contributed by atoms with Gasteiger partial charge in [0, 0.05) is 31.8 Å². The Labute approximate surface area is 133 Å². The zero-order chi connectivity index (χ0) is 16.4. The molecule has 0 radical (unpaired) electrons. The average molecular weight is 328 g/mol. The third-order valence-electron chi connectivity index (χ3n) is 4.81. The van der Waals surface area contributed by atoms with Crippen LogP contribution in [-0.2, 0) is 10.7 Å². The largest absolute Gasteiger partial charge is 0.342 e. The highest BCUT2D eigenvalue weighted by atomic mass is 19.3. The van der Waals surface area contributed by atoms with Gasteiger partial charge in [-0.2, -0.15) is 13.8 Å². The summed E-state index contributed by atoms with van der Waals surface area (Å²) in [4.78, 5) is 17.2. The van der Waals surface area contributed by atoms with E-state index in [4.69, 9.17) is 4.52 Å². The van der Waals surface area contributed by atoms with Gasteiger partial charge in [0.1, 0.15) is 0 Å². The number of nitrogens with one attached hydrogen (secondary N) is 1. The van der Waals surface area contributed by atoms with E-state index in [1.54, 1.807) is 4.90 Å². The summed E-state index contributed by atoms with van der Waals surface area (Å²) in [7, 11) is 0. The van der Waals surface area contributed by atoms with E-state index in [1.807, 2.05) is 0 Å². The van der Waals surface area contributed by atoms with E-state index in [1.165, 1.54) is 6.92 Å². The maximum absolute atomic E-state index is 14.5. The molecule has 2 fully saturated rings. The number of halogens is 2. The number of aromatic nitrogens is 2. The Morgan fingerprint density at radius 1 is 1.35 bits per heavy atom. The Hall–Kier alpha value is -1.57. The highest BCUT2D eigenvalue weighted by Gasteiger charge is 2.47. The average Bonchev–Trinajstić information content (AvgIpc) is 3.06. The number of nitrogens with zero attached hydrogens (tertiary/aromatic N) is 3. The minimum atomic E-state index is -3.09. The van der Waals surface area contributed by atoms with E-state index in [0.717, 1.165) is 12.8 Å². The first-order valence-electron chi connectivity index (χ1n) is 8.16. The van der Waals surface area contributed by atoms with Crippen molar-refractivity contribution in [2.24, 2.45) is 5.92 Å². The van der Waals surface area contributed by atoms with Crippen LogP contribution in [0.25, 0.3) is 0 Å². The van der Waals surface area contributed by atoms with Crippen LogP contribution in [-0.4, -0.2) is 47.1 Å². The van der Waals surface area contributed by atoms with Crippen LogP contribution >= 0.6 is 0 Å². The third-order valence-corrected chi connectivity index (χ3v) is 4.81. The Bertz CT molecular complexity index is 557. The van der Waals surface area contributed by atoms with Gasteiger partial charge in [0.05, 0.1) is 0 Å². The summed E-state index contributed by atoms with van der Waals surface area (Å²) in [5.74, 6) is -4.30. The molecular weight excluding hydrogens is 306 g/mol. The SMILES string of the molecule is CC(=O)N1CCCC(c2noc(C(F)(F)C3CCNCC3)n2)C1. The number of hydrogen-bond acceptors (Lipinski definition) is 5. The first-order chi connectivity index (χ1) is 11.0. The van der Waals surface area contributed by atoms with Crippen molar-refractivity contribution in [2.75, 3.05) is 26.2 Å². The van der Waals surface area contributed by atoms with Gasteiger partial charge in [-0.05, 0) is 38.8 Å². The monoisotopic (exact) mass is 328 g/mol. The molecule has 1 aromatic rings. The fourth-order valence-corrected chi connectivity index (χ4v) is 3.37. The molecule has 2 aliphatic heterocycles. The smallest absolute Gasteiger partial charge is 0.327 e. The number of piperidine rings is 2. The van der Waals surface area contributed by atoms with Gasteiger partial charge in [0.2, 0.25) is 5.91 Å². The summed E-state index contributed by atoms with van der Waals surface area (Å²) in [5.41, 5.74) is 0. The fraction of sp³-hybridized carbons (Fsp3) is 0.800. The lowest BCUT2D eigenvalue weighted by molar-refractivity contribution is -0.130. The minimum Gasteiger partial charge on any atom is -0.342 e. The Morgan fingerprint density at radius 2 is 2.09 bits per heavy atom. The van der Waals surface area contributed by atoms with E-state index in [-0.39, 0.29) is 11.8 Å². The maximum atomic E-state index is 14.5. The third kappa shape index (κ3) is 3.36. The van der Waals surface area contributed by atoms with E-state index < -0.39 is 17.7 Å². The molecule has 1 atom stereocenters. The molecule has 0 spiro atoms. The predicted octanol–water partition coefficient (Wildman–Crippen LogP) is 1.89. The van der Waals surface area contributed by atoms with Crippen molar-refractivity contribution < 1.29 is 18.1 Å². The summed E-state index contributed by atoms with van der Waals surface area (Å²) in [6.07, 6.45) is 2.39. The number of carbonyl (C=O) groups is 1. The number of carbonyl (C=O) groups excluding carboxylic acids is 1. The highest BCUT2D eigenvalue weighted by Crippen LogP contribution is 2.40. The van der Waals surface area contributed by atoms with Gasteiger partial charge < -0.3 is 14.7 Å².